The van der Waals surface area contributed by atoms with Gasteiger partial charge in [-0.3, -0.25) is 0 Å². The number of hydrogen-bond donors (Lipinski definition) is 0. The van der Waals surface area contributed by atoms with Crippen LogP contribution >= 0.6 is 12.2 Å². The van der Waals surface area contributed by atoms with Crippen LogP contribution in [0.4, 0.5) is 0 Å². The number of piperidine rings is 1. The Morgan fingerprint density at radius 1 is 1.36 bits per heavy atom. The van der Waals surface area contributed by atoms with Crippen LogP contribution < -0.4 is 0 Å². The van der Waals surface area contributed by atoms with Gasteiger partial charge in [0, 0.05) is 19.0 Å². The molecule has 0 bridgehead atoms. The van der Waals surface area contributed by atoms with Crippen LogP contribution in [0.25, 0.3) is 0 Å². The first-order chi connectivity index (χ1) is 6.50. The van der Waals surface area contributed by atoms with Gasteiger partial charge in [0.05, 0.1) is 4.99 Å². The second-order valence-electron chi connectivity index (χ2n) is 5.17. The zero-order valence-corrected chi connectivity index (χ0v) is 10.7. The van der Waals surface area contributed by atoms with Crippen molar-refractivity contribution in [3.8, 4) is 0 Å². The van der Waals surface area contributed by atoms with Crippen LogP contribution in [-0.4, -0.2) is 22.5 Å². The average molecular weight is 213 g/mol. The van der Waals surface area contributed by atoms with Crippen LogP contribution in [0.5, 0.6) is 0 Å². The molecule has 1 nitrogen and oxygen atoms in total. The number of nitrogens with zero attached hydrogens (tertiary/aromatic N) is 1. The maximum absolute atomic E-state index is 5.46. The zero-order valence-electron chi connectivity index (χ0n) is 9.92. The van der Waals surface area contributed by atoms with Gasteiger partial charge in [0.15, 0.2) is 0 Å². The average Bonchev–Trinajstić information content (AvgIpc) is 2.01. The summed E-state index contributed by atoms with van der Waals surface area (Å²) in [6, 6.07) is 0.586. The molecule has 1 rings (SSSR count). The fourth-order valence-electron chi connectivity index (χ4n) is 2.33. The van der Waals surface area contributed by atoms with E-state index in [0.717, 1.165) is 18.3 Å². The van der Waals surface area contributed by atoms with Crippen LogP contribution in [0.2, 0.25) is 0 Å². The van der Waals surface area contributed by atoms with Crippen LogP contribution in [-0.2, 0) is 0 Å². The van der Waals surface area contributed by atoms with Gasteiger partial charge in [0.25, 0.3) is 0 Å². The molecule has 1 atom stereocenters. The fourth-order valence-corrected chi connectivity index (χ4v) is 2.86. The molecule has 0 amide bonds. The summed E-state index contributed by atoms with van der Waals surface area (Å²) in [5.74, 6) is 1.66. The Balaban J connectivity index is 2.43. The van der Waals surface area contributed by atoms with Gasteiger partial charge in [-0.15, -0.1) is 0 Å². The minimum Gasteiger partial charge on any atom is -0.364 e. The summed E-state index contributed by atoms with van der Waals surface area (Å²) in [6.07, 6.45) is 3.81. The Morgan fingerprint density at radius 3 is 2.43 bits per heavy atom. The molecule has 82 valence electrons. The number of hydrogen-bond acceptors (Lipinski definition) is 1. The normalized spacial score (nSPS) is 23.7. The van der Waals surface area contributed by atoms with Gasteiger partial charge in [-0.05, 0) is 38.5 Å². The zero-order chi connectivity index (χ0) is 10.7. The molecule has 0 N–H and O–H groups in total. The molecule has 0 aromatic heterocycles. The molecule has 0 radical (unpaired) electrons. The maximum Gasteiger partial charge on any atom is 0.0784 e. The molecule has 1 aliphatic heterocycles. The molecular weight excluding hydrogens is 190 g/mol. The largest absolute Gasteiger partial charge is 0.364 e. The Hall–Kier alpha value is -0.110. The minimum atomic E-state index is 0.586. The highest BCUT2D eigenvalue weighted by Gasteiger charge is 2.24. The topological polar surface area (TPSA) is 3.24 Å². The second kappa shape index (κ2) is 5.11. The summed E-state index contributed by atoms with van der Waals surface area (Å²) >= 11 is 5.46. The van der Waals surface area contributed by atoms with E-state index in [1.165, 1.54) is 24.4 Å². The number of likely N-dealkylation sites (tertiary alicyclic amines) is 1. The molecule has 1 saturated heterocycles. The smallest absolute Gasteiger partial charge is 0.0784 e. The fraction of sp³-hybridized carbons (Fsp3) is 0.917. The van der Waals surface area contributed by atoms with E-state index < -0.39 is 0 Å². The number of rotatable bonds is 3. The molecule has 0 aromatic rings. The molecule has 14 heavy (non-hydrogen) atoms. The predicted molar refractivity (Wildman–Crippen MR) is 66.6 cm³/mol. The lowest BCUT2D eigenvalue weighted by Gasteiger charge is -2.37. The third-order valence-corrected chi connectivity index (χ3v) is 3.39. The van der Waals surface area contributed by atoms with Crippen molar-refractivity contribution < 1.29 is 0 Å². The van der Waals surface area contributed by atoms with Crippen molar-refractivity contribution in [1.29, 1.82) is 0 Å². The summed E-state index contributed by atoms with van der Waals surface area (Å²) in [7, 11) is 0. The molecule has 0 saturated carbocycles. The SMILES string of the molecule is CC(C)CC1CCN(C(C)C)C(=S)C1. The highest BCUT2D eigenvalue weighted by molar-refractivity contribution is 7.80. The molecule has 0 spiro atoms. The van der Waals surface area contributed by atoms with E-state index in [9.17, 15) is 0 Å². The van der Waals surface area contributed by atoms with Crippen molar-refractivity contribution >= 4 is 17.2 Å². The standard InChI is InChI=1S/C12H23NS/c1-9(2)7-11-5-6-13(10(3)4)12(14)8-11/h9-11H,5-8H2,1-4H3. The van der Waals surface area contributed by atoms with E-state index in [2.05, 4.69) is 32.6 Å². The minimum absolute atomic E-state index is 0.586. The number of thiocarbonyl (C=S) groups is 1. The molecule has 0 aromatic carbocycles. The lowest BCUT2D eigenvalue weighted by atomic mass is 9.88. The molecule has 1 aliphatic rings. The van der Waals surface area contributed by atoms with Gasteiger partial charge in [-0.2, -0.15) is 0 Å². The highest BCUT2D eigenvalue weighted by Crippen LogP contribution is 2.26. The highest BCUT2D eigenvalue weighted by atomic mass is 32.1. The second-order valence-corrected chi connectivity index (χ2v) is 5.64. The molecule has 2 heteroatoms. The molecule has 1 fully saturated rings. The van der Waals surface area contributed by atoms with Crippen LogP contribution in [0.1, 0.15) is 47.0 Å². The van der Waals surface area contributed by atoms with E-state index in [4.69, 9.17) is 12.2 Å². The van der Waals surface area contributed by atoms with Crippen LogP contribution in [0.15, 0.2) is 0 Å². The molecule has 1 unspecified atom stereocenters. The van der Waals surface area contributed by atoms with Crippen molar-refractivity contribution in [2.45, 2.75) is 53.0 Å². The van der Waals surface area contributed by atoms with E-state index >= 15 is 0 Å². The first-order valence-electron chi connectivity index (χ1n) is 5.80. The van der Waals surface area contributed by atoms with E-state index in [1.54, 1.807) is 0 Å². The maximum atomic E-state index is 5.46. The summed E-state index contributed by atoms with van der Waals surface area (Å²) < 4.78 is 0. The van der Waals surface area contributed by atoms with Gasteiger partial charge < -0.3 is 4.90 Å². The van der Waals surface area contributed by atoms with Gasteiger partial charge in [0.2, 0.25) is 0 Å². The summed E-state index contributed by atoms with van der Waals surface area (Å²) in [6.45, 7) is 10.2. The van der Waals surface area contributed by atoms with Crippen molar-refractivity contribution in [2.75, 3.05) is 6.54 Å². The summed E-state index contributed by atoms with van der Waals surface area (Å²) in [4.78, 5) is 3.57. The lowest BCUT2D eigenvalue weighted by Crippen LogP contribution is -2.42. The monoisotopic (exact) mass is 213 g/mol. The molecule has 0 aliphatic carbocycles. The quantitative estimate of drug-likeness (QED) is 0.660. The molecule has 1 heterocycles. The van der Waals surface area contributed by atoms with Crippen LogP contribution in [0.3, 0.4) is 0 Å². The predicted octanol–water partition coefficient (Wildman–Crippen LogP) is 3.48. The lowest BCUT2D eigenvalue weighted by molar-refractivity contribution is 0.259. The third-order valence-electron chi connectivity index (χ3n) is 2.99. The molecular formula is C12H23NS. The Morgan fingerprint density at radius 2 is 2.00 bits per heavy atom. The third kappa shape index (κ3) is 3.23. The first kappa shape index (κ1) is 12.0. The summed E-state index contributed by atoms with van der Waals surface area (Å²) in [5, 5.41) is 0. The van der Waals surface area contributed by atoms with Crippen LogP contribution in [0, 0.1) is 11.8 Å². The Bertz CT molecular complexity index is 198. The Labute approximate surface area is 93.9 Å². The van der Waals surface area contributed by atoms with Crippen molar-refractivity contribution in [3.63, 3.8) is 0 Å². The van der Waals surface area contributed by atoms with Gasteiger partial charge in [-0.25, -0.2) is 0 Å². The van der Waals surface area contributed by atoms with Crippen molar-refractivity contribution in [1.82, 2.24) is 4.90 Å². The van der Waals surface area contributed by atoms with Gasteiger partial charge in [-0.1, -0.05) is 26.1 Å². The summed E-state index contributed by atoms with van der Waals surface area (Å²) in [5.41, 5.74) is 0. The van der Waals surface area contributed by atoms with Crippen molar-refractivity contribution in [3.05, 3.63) is 0 Å². The first-order valence-corrected chi connectivity index (χ1v) is 6.21. The van der Waals surface area contributed by atoms with Gasteiger partial charge >= 0.3 is 0 Å². The van der Waals surface area contributed by atoms with Crippen molar-refractivity contribution in [2.24, 2.45) is 11.8 Å². The van der Waals surface area contributed by atoms with E-state index in [0.29, 0.717) is 6.04 Å². The Kier molecular flexibility index (Phi) is 4.36. The van der Waals surface area contributed by atoms with E-state index in [-0.39, 0.29) is 0 Å². The van der Waals surface area contributed by atoms with Gasteiger partial charge in [0.1, 0.15) is 0 Å². The van der Waals surface area contributed by atoms with E-state index in [1.807, 2.05) is 0 Å².